The van der Waals surface area contributed by atoms with Gasteiger partial charge in [-0.15, -0.1) is 11.3 Å². The Kier molecular flexibility index (Phi) is 4.90. The van der Waals surface area contributed by atoms with Crippen molar-refractivity contribution in [3.8, 4) is 21.8 Å². The molecule has 0 unspecified atom stereocenters. The van der Waals surface area contributed by atoms with E-state index in [4.69, 9.17) is 0 Å². The van der Waals surface area contributed by atoms with Crippen LogP contribution in [0.4, 0.5) is 14.5 Å². The molecule has 0 fully saturated rings. The number of hydrogen-bond acceptors (Lipinski definition) is 4. The second-order valence-corrected chi connectivity index (χ2v) is 6.80. The van der Waals surface area contributed by atoms with E-state index in [1.165, 1.54) is 17.4 Å². The van der Waals surface area contributed by atoms with Gasteiger partial charge >= 0.3 is 0 Å². The number of halogens is 2. The monoisotopic (exact) mass is 393 g/mol. The Morgan fingerprint density at radius 2 is 1.75 bits per heavy atom. The lowest BCUT2D eigenvalue weighted by molar-refractivity contribution is 0.102. The normalized spacial score (nSPS) is 10.6. The average Bonchev–Trinajstić information content (AvgIpc) is 3.21. The van der Waals surface area contributed by atoms with E-state index < -0.39 is 17.5 Å². The number of hydrogen-bond donors (Lipinski definition) is 1. The predicted molar refractivity (Wildman–Crippen MR) is 105 cm³/mol. The summed E-state index contributed by atoms with van der Waals surface area (Å²) in [5.41, 5.74) is 3.16. The van der Waals surface area contributed by atoms with Gasteiger partial charge in [-0.05, 0) is 42.5 Å². The summed E-state index contributed by atoms with van der Waals surface area (Å²) < 4.78 is 26.4. The molecule has 2 aromatic heterocycles. The fourth-order valence-corrected chi connectivity index (χ4v) is 3.47. The lowest BCUT2D eigenvalue weighted by Crippen LogP contribution is -2.12. The molecular weight excluding hydrogens is 380 g/mol. The van der Waals surface area contributed by atoms with Gasteiger partial charge in [0, 0.05) is 40.2 Å². The molecule has 0 aliphatic heterocycles. The molecular formula is C21H13F2N3OS. The molecule has 2 aromatic carbocycles. The summed E-state index contributed by atoms with van der Waals surface area (Å²) in [6.45, 7) is 0. The van der Waals surface area contributed by atoms with Crippen molar-refractivity contribution in [2.45, 2.75) is 0 Å². The number of carbonyl (C=O) groups excluding carboxylic acids is 1. The van der Waals surface area contributed by atoms with Crippen LogP contribution in [0, 0.1) is 11.6 Å². The highest BCUT2D eigenvalue weighted by molar-refractivity contribution is 7.13. The van der Waals surface area contributed by atoms with Gasteiger partial charge in [-0.25, -0.2) is 13.8 Å². The topological polar surface area (TPSA) is 54.9 Å². The molecule has 0 saturated carbocycles. The Morgan fingerprint density at radius 1 is 0.929 bits per heavy atom. The van der Waals surface area contributed by atoms with Crippen LogP contribution in [0.3, 0.4) is 0 Å². The number of benzene rings is 2. The summed E-state index contributed by atoms with van der Waals surface area (Å²) in [6.07, 6.45) is 3.43. The first-order chi connectivity index (χ1) is 13.6. The Morgan fingerprint density at radius 3 is 2.54 bits per heavy atom. The number of thiazole rings is 1. The SMILES string of the molecule is O=C(Nc1cccc(-c2csc(-c3ccncc3)n2)c1)c1ccc(F)c(F)c1. The van der Waals surface area contributed by atoms with Crippen LogP contribution in [-0.2, 0) is 0 Å². The van der Waals surface area contributed by atoms with E-state index in [1.54, 1.807) is 30.6 Å². The molecule has 0 aliphatic rings. The van der Waals surface area contributed by atoms with Crippen LogP contribution in [0.2, 0.25) is 0 Å². The zero-order valence-electron chi connectivity index (χ0n) is 14.4. The van der Waals surface area contributed by atoms with Gasteiger partial charge in [-0.1, -0.05) is 12.1 Å². The van der Waals surface area contributed by atoms with Crippen LogP contribution in [0.5, 0.6) is 0 Å². The van der Waals surface area contributed by atoms with Crippen molar-refractivity contribution in [1.29, 1.82) is 0 Å². The van der Waals surface area contributed by atoms with E-state index in [9.17, 15) is 13.6 Å². The van der Waals surface area contributed by atoms with E-state index in [-0.39, 0.29) is 5.56 Å². The fraction of sp³-hybridized carbons (Fsp3) is 0. The number of amides is 1. The van der Waals surface area contributed by atoms with E-state index in [0.717, 1.165) is 34.0 Å². The van der Waals surface area contributed by atoms with Gasteiger partial charge in [-0.3, -0.25) is 9.78 Å². The second kappa shape index (κ2) is 7.66. The Hall–Kier alpha value is -3.45. The van der Waals surface area contributed by atoms with E-state index in [1.807, 2.05) is 23.6 Å². The molecule has 4 aromatic rings. The summed E-state index contributed by atoms with van der Waals surface area (Å²) in [4.78, 5) is 20.9. The highest BCUT2D eigenvalue weighted by atomic mass is 32.1. The van der Waals surface area contributed by atoms with Gasteiger partial charge in [0.2, 0.25) is 0 Å². The van der Waals surface area contributed by atoms with Crippen LogP contribution in [-0.4, -0.2) is 15.9 Å². The first kappa shape index (κ1) is 17.9. The van der Waals surface area contributed by atoms with Crippen LogP contribution in [0.15, 0.2) is 72.4 Å². The predicted octanol–water partition coefficient (Wildman–Crippen LogP) is 5.40. The largest absolute Gasteiger partial charge is 0.322 e. The maximum atomic E-state index is 13.3. The highest BCUT2D eigenvalue weighted by Gasteiger charge is 2.11. The first-order valence-electron chi connectivity index (χ1n) is 8.33. The Balaban J connectivity index is 1.56. The second-order valence-electron chi connectivity index (χ2n) is 5.94. The lowest BCUT2D eigenvalue weighted by atomic mass is 10.1. The van der Waals surface area contributed by atoms with Crippen LogP contribution < -0.4 is 5.32 Å². The standard InChI is InChI=1S/C21H13F2N3OS/c22-17-5-4-15(11-18(17)23)20(27)25-16-3-1-2-14(10-16)19-12-28-21(26-19)13-6-8-24-9-7-13/h1-12H,(H,25,27). The lowest BCUT2D eigenvalue weighted by Gasteiger charge is -2.07. The number of pyridine rings is 1. The quantitative estimate of drug-likeness (QED) is 0.505. The molecule has 0 atom stereocenters. The third-order valence-corrected chi connectivity index (χ3v) is 4.92. The molecule has 138 valence electrons. The highest BCUT2D eigenvalue weighted by Crippen LogP contribution is 2.29. The molecule has 7 heteroatoms. The van der Waals surface area contributed by atoms with Crippen LogP contribution in [0.25, 0.3) is 21.8 Å². The van der Waals surface area contributed by atoms with E-state index in [2.05, 4.69) is 15.3 Å². The van der Waals surface area contributed by atoms with Crippen molar-refractivity contribution in [3.63, 3.8) is 0 Å². The molecule has 4 rings (SSSR count). The molecule has 0 aliphatic carbocycles. The molecule has 1 amide bonds. The molecule has 0 bridgehead atoms. The molecule has 2 heterocycles. The molecule has 28 heavy (non-hydrogen) atoms. The maximum absolute atomic E-state index is 13.3. The maximum Gasteiger partial charge on any atom is 0.255 e. The number of aromatic nitrogens is 2. The van der Waals surface area contributed by atoms with Crippen molar-refractivity contribution in [2.75, 3.05) is 5.32 Å². The van der Waals surface area contributed by atoms with Crippen LogP contribution >= 0.6 is 11.3 Å². The zero-order valence-corrected chi connectivity index (χ0v) is 15.2. The summed E-state index contributed by atoms with van der Waals surface area (Å²) in [7, 11) is 0. The minimum absolute atomic E-state index is 0.0398. The number of nitrogens with one attached hydrogen (secondary N) is 1. The third kappa shape index (κ3) is 3.79. The van der Waals surface area contributed by atoms with Crippen molar-refractivity contribution >= 4 is 22.9 Å². The van der Waals surface area contributed by atoms with Gasteiger partial charge in [0.25, 0.3) is 5.91 Å². The zero-order chi connectivity index (χ0) is 19.5. The van der Waals surface area contributed by atoms with E-state index in [0.29, 0.717) is 5.69 Å². The minimum Gasteiger partial charge on any atom is -0.322 e. The fourth-order valence-electron chi connectivity index (χ4n) is 2.63. The smallest absolute Gasteiger partial charge is 0.255 e. The van der Waals surface area contributed by atoms with Crippen molar-refractivity contribution < 1.29 is 13.6 Å². The molecule has 0 spiro atoms. The minimum atomic E-state index is -1.06. The molecule has 1 N–H and O–H groups in total. The van der Waals surface area contributed by atoms with Gasteiger partial charge in [0.1, 0.15) is 5.01 Å². The number of anilines is 1. The van der Waals surface area contributed by atoms with Gasteiger partial charge < -0.3 is 5.32 Å². The van der Waals surface area contributed by atoms with Crippen molar-refractivity contribution in [1.82, 2.24) is 9.97 Å². The Labute approximate surface area is 163 Å². The first-order valence-corrected chi connectivity index (χ1v) is 9.21. The summed E-state index contributed by atoms with van der Waals surface area (Å²) >= 11 is 1.51. The molecule has 0 radical (unpaired) electrons. The Bertz CT molecular complexity index is 1150. The summed E-state index contributed by atoms with van der Waals surface area (Å²) in [6, 6.07) is 14.0. The molecule has 4 nitrogen and oxygen atoms in total. The van der Waals surface area contributed by atoms with Gasteiger partial charge in [0.15, 0.2) is 11.6 Å². The van der Waals surface area contributed by atoms with Gasteiger partial charge in [-0.2, -0.15) is 0 Å². The average molecular weight is 393 g/mol. The number of rotatable bonds is 4. The van der Waals surface area contributed by atoms with Crippen LogP contribution in [0.1, 0.15) is 10.4 Å². The third-order valence-electron chi connectivity index (χ3n) is 4.03. The summed E-state index contributed by atoms with van der Waals surface area (Å²) in [5, 5.41) is 5.50. The van der Waals surface area contributed by atoms with Gasteiger partial charge in [0.05, 0.1) is 5.69 Å². The number of carbonyl (C=O) groups is 1. The van der Waals surface area contributed by atoms with Crippen molar-refractivity contribution in [2.24, 2.45) is 0 Å². The number of nitrogens with zero attached hydrogens (tertiary/aromatic N) is 2. The van der Waals surface area contributed by atoms with E-state index >= 15 is 0 Å². The summed E-state index contributed by atoms with van der Waals surface area (Å²) in [5.74, 6) is -2.58. The van der Waals surface area contributed by atoms with Crippen molar-refractivity contribution in [3.05, 3.63) is 89.6 Å². The molecule has 0 saturated heterocycles.